The molecule has 0 fully saturated rings. The Morgan fingerprint density at radius 2 is 1.77 bits per heavy atom. The number of nitrogens with zero attached hydrogens (tertiary/aromatic N) is 2. The van der Waals surface area contributed by atoms with Gasteiger partial charge in [-0.25, -0.2) is 14.4 Å². The lowest BCUT2D eigenvalue weighted by Gasteiger charge is -2.19. The molecule has 0 atom stereocenters. The Hall–Kier alpha value is -4.15. The highest BCUT2D eigenvalue weighted by atomic mass is 16.6. The van der Waals surface area contributed by atoms with Crippen molar-refractivity contribution in [2.45, 2.75) is 26.4 Å². The third-order valence-electron chi connectivity index (χ3n) is 4.10. The predicted octanol–water partition coefficient (Wildman–Crippen LogP) is 2.15. The van der Waals surface area contributed by atoms with Gasteiger partial charge in [-0.15, -0.1) is 0 Å². The first-order valence-electron chi connectivity index (χ1n) is 8.64. The van der Waals surface area contributed by atoms with Crippen molar-refractivity contribution in [1.82, 2.24) is 14.8 Å². The number of nitrogen functional groups attached to an aromatic ring is 1. The summed E-state index contributed by atoms with van der Waals surface area (Å²) in [5.74, 6) is -3.60. The van der Waals surface area contributed by atoms with Crippen molar-refractivity contribution in [2.24, 2.45) is 0 Å². The van der Waals surface area contributed by atoms with Crippen LogP contribution in [0.5, 0.6) is 0 Å². The van der Waals surface area contributed by atoms with Crippen LogP contribution in [0, 0.1) is 0 Å². The van der Waals surface area contributed by atoms with Gasteiger partial charge in [-0.05, 0) is 38.5 Å². The van der Waals surface area contributed by atoms with Crippen LogP contribution in [0.2, 0.25) is 0 Å². The zero-order valence-electron chi connectivity index (χ0n) is 16.2. The fourth-order valence-corrected chi connectivity index (χ4v) is 2.97. The number of carbonyl (C=O) groups is 3. The van der Waals surface area contributed by atoms with Gasteiger partial charge < -0.3 is 25.7 Å². The van der Waals surface area contributed by atoms with Crippen LogP contribution in [0.4, 0.5) is 10.6 Å². The monoisotopic (exact) mass is 414 g/mol. The SMILES string of the molecule is CC(C)(C)OC(=O)n1ncc2cc(-c3c(C(=O)O)c(N)[nH]c(=O)c3C(=O)O)ccc21. The minimum atomic E-state index is -1.61. The minimum absolute atomic E-state index is 0.110. The standard InChI is InChI=1S/C19H18N4O7/c1-19(2,3)30-18(29)23-10-5-4-8(6-9(10)7-21-23)11-12(16(25)26)14(20)22-15(24)13(11)17(27)28/h4-7H,1-3H3,(H,25,26)(H,27,28)(H3,20,22,24). The Morgan fingerprint density at radius 1 is 1.13 bits per heavy atom. The van der Waals surface area contributed by atoms with E-state index >= 15 is 0 Å². The van der Waals surface area contributed by atoms with Gasteiger partial charge in [0, 0.05) is 10.9 Å². The number of pyridine rings is 1. The van der Waals surface area contributed by atoms with Gasteiger partial charge in [0.15, 0.2) is 0 Å². The molecule has 0 saturated heterocycles. The van der Waals surface area contributed by atoms with E-state index in [0.717, 1.165) is 4.68 Å². The van der Waals surface area contributed by atoms with E-state index < -0.39 is 46.1 Å². The molecule has 0 radical (unpaired) electrons. The summed E-state index contributed by atoms with van der Waals surface area (Å²) >= 11 is 0. The number of carboxylic acids is 2. The smallest absolute Gasteiger partial charge is 0.435 e. The van der Waals surface area contributed by atoms with Crippen molar-refractivity contribution >= 4 is 34.8 Å². The van der Waals surface area contributed by atoms with E-state index in [2.05, 4.69) is 5.10 Å². The number of aromatic nitrogens is 3. The van der Waals surface area contributed by atoms with Crippen molar-refractivity contribution in [3.63, 3.8) is 0 Å². The summed E-state index contributed by atoms with van der Waals surface area (Å²) < 4.78 is 6.30. The molecule has 0 unspecified atom stereocenters. The van der Waals surface area contributed by atoms with Crippen molar-refractivity contribution in [3.8, 4) is 11.1 Å². The van der Waals surface area contributed by atoms with Gasteiger partial charge in [0.25, 0.3) is 5.56 Å². The number of nitrogens with two attached hydrogens (primary N) is 1. The summed E-state index contributed by atoms with van der Waals surface area (Å²) in [5.41, 5.74) is 2.65. The molecule has 11 nitrogen and oxygen atoms in total. The normalized spacial score (nSPS) is 11.4. The maximum atomic E-state index is 12.3. The van der Waals surface area contributed by atoms with E-state index in [1.54, 1.807) is 20.8 Å². The Bertz CT molecular complexity index is 1260. The Labute approximate surface area is 168 Å². The van der Waals surface area contributed by atoms with Crippen molar-refractivity contribution < 1.29 is 29.3 Å². The third-order valence-corrected chi connectivity index (χ3v) is 4.10. The van der Waals surface area contributed by atoms with Crippen molar-refractivity contribution in [3.05, 3.63) is 45.9 Å². The molecule has 0 aliphatic heterocycles. The molecule has 5 N–H and O–H groups in total. The number of hydrogen-bond acceptors (Lipinski definition) is 7. The molecular formula is C19H18N4O7. The second-order valence-electron chi connectivity index (χ2n) is 7.41. The first-order valence-corrected chi connectivity index (χ1v) is 8.64. The van der Waals surface area contributed by atoms with Gasteiger partial charge in [-0.1, -0.05) is 6.07 Å². The van der Waals surface area contributed by atoms with Crippen molar-refractivity contribution in [1.29, 1.82) is 0 Å². The lowest BCUT2D eigenvalue weighted by Crippen LogP contribution is -2.27. The number of H-pyrrole nitrogens is 1. The molecule has 30 heavy (non-hydrogen) atoms. The van der Waals surface area contributed by atoms with Gasteiger partial charge in [0.2, 0.25) is 0 Å². The fourth-order valence-electron chi connectivity index (χ4n) is 2.97. The van der Waals surface area contributed by atoms with E-state index in [1.165, 1.54) is 24.4 Å². The van der Waals surface area contributed by atoms with Crippen molar-refractivity contribution in [2.75, 3.05) is 5.73 Å². The zero-order chi connectivity index (χ0) is 22.4. The molecule has 0 bridgehead atoms. The second-order valence-corrected chi connectivity index (χ2v) is 7.41. The van der Waals surface area contributed by atoms with Crippen LogP contribution in [0.25, 0.3) is 22.0 Å². The minimum Gasteiger partial charge on any atom is -0.478 e. The second kappa shape index (κ2) is 7.03. The Morgan fingerprint density at radius 3 is 2.33 bits per heavy atom. The summed E-state index contributed by atoms with van der Waals surface area (Å²) in [6.07, 6.45) is 0.614. The molecule has 11 heteroatoms. The van der Waals surface area contributed by atoms with Gasteiger partial charge in [0.1, 0.15) is 22.5 Å². The average Bonchev–Trinajstić information content (AvgIpc) is 3.01. The van der Waals surface area contributed by atoms with Crippen LogP contribution in [-0.2, 0) is 4.74 Å². The summed E-state index contributed by atoms with van der Waals surface area (Å²) in [6.45, 7) is 5.10. The largest absolute Gasteiger partial charge is 0.478 e. The molecule has 2 heterocycles. The molecule has 3 aromatic rings. The van der Waals surface area contributed by atoms with Crippen LogP contribution < -0.4 is 11.3 Å². The molecule has 156 valence electrons. The predicted molar refractivity (Wildman–Crippen MR) is 106 cm³/mol. The number of carbonyl (C=O) groups excluding carboxylic acids is 1. The summed E-state index contributed by atoms with van der Waals surface area (Å²) in [4.78, 5) is 49.9. The number of fused-ring (bicyclic) bond motifs is 1. The third kappa shape index (κ3) is 3.60. The highest BCUT2D eigenvalue weighted by molar-refractivity contribution is 6.08. The Balaban J connectivity index is 2.24. The van der Waals surface area contributed by atoms with E-state index in [1.807, 2.05) is 4.98 Å². The van der Waals surface area contributed by atoms with Gasteiger partial charge in [0.05, 0.1) is 11.7 Å². The molecule has 0 aliphatic carbocycles. The topological polar surface area (TPSA) is 178 Å². The number of rotatable bonds is 3. The number of aromatic carboxylic acids is 2. The lowest BCUT2D eigenvalue weighted by molar-refractivity contribution is 0.0521. The lowest BCUT2D eigenvalue weighted by atomic mass is 9.94. The summed E-state index contributed by atoms with van der Waals surface area (Å²) in [7, 11) is 0. The zero-order valence-corrected chi connectivity index (χ0v) is 16.2. The van der Waals surface area contributed by atoms with Gasteiger partial charge in [-0.2, -0.15) is 9.78 Å². The number of ether oxygens (including phenoxy) is 1. The number of carboxylic acid groups (broad SMARTS) is 2. The molecule has 0 spiro atoms. The first-order chi connectivity index (χ1) is 13.9. The molecule has 0 amide bonds. The van der Waals surface area contributed by atoms with Crippen LogP contribution in [0.3, 0.4) is 0 Å². The van der Waals surface area contributed by atoms with Crippen LogP contribution >= 0.6 is 0 Å². The van der Waals surface area contributed by atoms with Gasteiger partial charge >= 0.3 is 18.0 Å². The quantitative estimate of drug-likeness (QED) is 0.500. The van der Waals surface area contributed by atoms with E-state index in [4.69, 9.17) is 10.5 Å². The molecule has 2 aromatic heterocycles. The van der Waals surface area contributed by atoms with E-state index in [-0.39, 0.29) is 11.1 Å². The fraction of sp³-hybridized carbons (Fsp3) is 0.211. The van der Waals surface area contributed by atoms with E-state index in [9.17, 15) is 29.4 Å². The molecule has 0 aliphatic rings. The summed E-state index contributed by atoms with van der Waals surface area (Å²) in [5, 5.41) is 23.4. The Kier molecular flexibility index (Phi) is 4.82. The average molecular weight is 414 g/mol. The highest BCUT2D eigenvalue weighted by Gasteiger charge is 2.27. The van der Waals surface area contributed by atoms with Gasteiger partial charge in [-0.3, -0.25) is 4.79 Å². The maximum absolute atomic E-state index is 12.3. The highest BCUT2D eigenvalue weighted by Crippen LogP contribution is 2.31. The van der Waals surface area contributed by atoms with Crippen LogP contribution in [-0.4, -0.2) is 48.6 Å². The molecule has 0 saturated carbocycles. The number of benzene rings is 1. The number of nitrogens with one attached hydrogen (secondary N) is 1. The first kappa shape index (κ1) is 20.6. The number of anilines is 1. The number of hydrogen-bond donors (Lipinski definition) is 4. The maximum Gasteiger partial charge on any atom is 0.435 e. The number of aromatic amines is 1. The summed E-state index contributed by atoms with van der Waals surface area (Å²) in [6, 6.07) is 4.23. The van der Waals surface area contributed by atoms with Crippen LogP contribution in [0.15, 0.2) is 29.2 Å². The van der Waals surface area contributed by atoms with E-state index in [0.29, 0.717) is 10.9 Å². The molecule has 1 aromatic carbocycles. The van der Waals surface area contributed by atoms with Crippen LogP contribution in [0.1, 0.15) is 41.5 Å². The molecular weight excluding hydrogens is 396 g/mol. The molecule has 3 rings (SSSR count).